The van der Waals surface area contributed by atoms with Crippen molar-refractivity contribution in [3.05, 3.63) is 59.7 Å². The molecule has 7 nitrogen and oxygen atoms in total. The van der Waals surface area contributed by atoms with Crippen molar-refractivity contribution >= 4 is 22.1 Å². The molecule has 1 aliphatic heterocycles. The Morgan fingerprint density at radius 2 is 1.86 bits per heavy atom. The van der Waals surface area contributed by atoms with E-state index in [0.29, 0.717) is 31.5 Å². The van der Waals surface area contributed by atoms with Gasteiger partial charge in [0.2, 0.25) is 15.9 Å². The van der Waals surface area contributed by atoms with E-state index in [9.17, 15) is 18.3 Å². The molecule has 1 fully saturated rings. The molecular formula is C20H23N3O4S. The highest BCUT2D eigenvalue weighted by Gasteiger charge is 2.31. The molecule has 1 saturated heterocycles. The molecule has 148 valence electrons. The first kappa shape index (κ1) is 20.0. The standard InChI is InChI=1S/C20H23N3O4S/c1-15-5-7-19(8-6-15)28(26,27)23-11-9-17(10-12-23)20(25)22-21-14-16-3-2-4-18(24)13-16/h2-8,13-14,17,24H,9-12H2,1H3,(H,22,25). The number of hydrogen-bond donors (Lipinski definition) is 2. The monoisotopic (exact) mass is 401 g/mol. The maximum absolute atomic E-state index is 12.7. The minimum atomic E-state index is -3.54. The van der Waals surface area contributed by atoms with Crippen LogP contribution < -0.4 is 5.43 Å². The van der Waals surface area contributed by atoms with Crippen LogP contribution in [0.1, 0.15) is 24.0 Å². The first-order chi connectivity index (χ1) is 13.4. The number of nitrogens with one attached hydrogen (secondary N) is 1. The Bertz CT molecular complexity index is 963. The Morgan fingerprint density at radius 3 is 2.50 bits per heavy atom. The third kappa shape index (κ3) is 4.76. The lowest BCUT2D eigenvalue weighted by molar-refractivity contribution is -0.126. The number of aryl methyl sites for hydroxylation is 1. The molecule has 2 aromatic carbocycles. The molecule has 1 amide bonds. The van der Waals surface area contributed by atoms with E-state index >= 15 is 0 Å². The molecule has 0 bridgehead atoms. The summed E-state index contributed by atoms with van der Waals surface area (Å²) in [7, 11) is -3.54. The van der Waals surface area contributed by atoms with Crippen molar-refractivity contribution in [2.75, 3.05) is 13.1 Å². The molecule has 0 saturated carbocycles. The van der Waals surface area contributed by atoms with Gasteiger partial charge in [0.15, 0.2) is 0 Å². The van der Waals surface area contributed by atoms with Gasteiger partial charge in [-0.2, -0.15) is 9.41 Å². The van der Waals surface area contributed by atoms with Crippen molar-refractivity contribution < 1.29 is 18.3 Å². The summed E-state index contributed by atoms with van der Waals surface area (Å²) in [4.78, 5) is 12.6. The van der Waals surface area contributed by atoms with Gasteiger partial charge in [-0.05, 0) is 49.6 Å². The van der Waals surface area contributed by atoms with Gasteiger partial charge in [0.1, 0.15) is 5.75 Å². The number of rotatable bonds is 5. The number of piperidine rings is 1. The fourth-order valence-corrected chi connectivity index (χ4v) is 4.55. The quantitative estimate of drug-likeness (QED) is 0.593. The number of phenols is 1. The molecule has 0 radical (unpaired) electrons. The lowest BCUT2D eigenvalue weighted by Gasteiger charge is -2.30. The van der Waals surface area contributed by atoms with Crippen molar-refractivity contribution in [2.24, 2.45) is 11.0 Å². The van der Waals surface area contributed by atoms with Gasteiger partial charge in [0.05, 0.1) is 11.1 Å². The summed E-state index contributed by atoms with van der Waals surface area (Å²) in [5.74, 6) is -0.396. The molecule has 3 rings (SSSR count). The average molecular weight is 401 g/mol. The summed E-state index contributed by atoms with van der Waals surface area (Å²) in [5.41, 5.74) is 4.16. The van der Waals surface area contributed by atoms with Gasteiger partial charge in [-0.3, -0.25) is 4.79 Å². The maximum Gasteiger partial charge on any atom is 0.243 e. The van der Waals surface area contributed by atoms with Crippen molar-refractivity contribution in [2.45, 2.75) is 24.7 Å². The first-order valence-corrected chi connectivity index (χ1v) is 10.5. The van der Waals surface area contributed by atoms with E-state index in [2.05, 4.69) is 10.5 Å². The number of aromatic hydroxyl groups is 1. The molecule has 2 aromatic rings. The van der Waals surface area contributed by atoms with Gasteiger partial charge in [-0.25, -0.2) is 13.8 Å². The number of phenolic OH excluding ortho intramolecular Hbond substituents is 1. The van der Waals surface area contributed by atoms with E-state index < -0.39 is 10.0 Å². The summed E-state index contributed by atoms with van der Waals surface area (Å²) < 4.78 is 26.9. The Labute approximate surface area is 164 Å². The Morgan fingerprint density at radius 1 is 1.18 bits per heavy atom. The average Bonchev–Trinajstić information content (AvgIpc) is 2.68. The van der Waals surface area contributed by atoms with Crippen LogP contribution in [0.4, 0.5) is 0 Å². The largest absolute Gasteiger partial charge is 0.508 e. The number of sulfonamides is 1. The van der Waals surface area contributed by atoms with Gasteiger partial charge in [0.25, 0.3) is 0 Å². The van der Waals surface area contributed by atoms with E-state index in [0.717, 1.165) is 5.56 Å². The highest BCUT2D eigenvalue weighted by atomic mass is 32.2. The number of carbonyl (C=O) groups is 1. The van der Waals surface area contributed by atoms with Crippen molar-refractivity contribution in [1.29, 1.82) is 0 Å². The maximum atomic E-state index is 12.7. The second-order valence-corrected chi connectivity index (χ2v) is 8.76. The minimum Gasteiger partial charge on any atom is -0.508 e. The van der Waals surface area contributed by atoms with Crippen LogP contribution in [0.25, 0.3) is 0 Å². The predicted molar refractivity (Wildman–Crippen MR) is 107 cm³/mol. The van der Waals surface area contributed by atoms with E-state index in [1.807, 2.05) is 6.92 Å². The third-order valence-electron chi connectivity index (χ3n) is 4.74. The Balaban J connectivity index is 1.54. The van der Waals surface area contributed by atoms with Crippen LogP contribution in [-0.4, -0.2) is 43.0 Å². The SMILES string of the molecule is Cc1ccc(S(=O)(=O)N2CCC(C(=O)NN=Cc3cccc(O)c3)CC2)cc1. The van der Waals surface area contributed by atoms with Crippen LogP contribution in [0.15, 0.2) is 58.5 Å². The van der Waals surface area contributed by atoms with Gasteiger partial charge in [-0.1, -0.05) is 29.8 Å². The molecule has 0 spiro atoms. The lowest BCUT2D eigenvalue weighted by atomic mass is 9.98. The normalized spacial score (nSPS) is 16.3. The smallest absolute Gasteiger partial charge is 0.243 e. The number of amides is 1. The lowest BCUT2D eigenvalue weighted by Crippen LogP contribution is -2.42. The van der Waals surface area contributed by atoms with Gasteiger partial charge in [-0.15, -0.1) is 0 Å². The number of hydrogen-bond acceptors (Lipinski definition) is 5. The summed E-state index contributed by atoms with van der Waals surface area (Å²) in [6, 6.07) is 13.3. The second-order valence-electron chi connectivity index (χ2n) is 6.82. The van der Waals surface area contributed by atoms with Crippen LogP contribution >= 0.6 is 0 Å². The summed E-state index contributed by atoms with van der Waals surface area (Å²) in [6.45, 7) is 2.50. The molecule has 0 aromatic heterocycles. The molecular weight excluding hydrogens is 378 g/mol. The number of benzene rings is 2. The molecule has 0 aliphatic carbocycles. The fraction of sp³-hybridized carbons (Fsp3) is 0.300. The van der Waals surface area contributed by atoms with E-state index in [4.69, 9.17) is 0 Å². The van der Waals surface area contributed by atoms with Gasteiger partial charge in [0, 0.05) is 19.0 Å². The highest BCUT2D eigenvalue weighted by Crippen LogP contribution is 2.24. The predicted octanol–water partition coefficient (Wildman–Crippen LogP) is 2.25. The summed E-state index contributed by atoms with van der Waals surface area (Å²) in [6.07, 6.45) is 2.34. The zero-order valence-corrected chi connectivity index (χ0v) is 16.4. The molecule has 0 unspecified atom stereocenters. The number of carbonyl (C=O) groups excluding carboxylic acids is 1. The van der Waals surface area contributed by atoms with Crippen molar-refractivity contribution in [1.82, 2.24) is 9.73 Å². The third-order valence-corrected chi connectivity index (χ3v) is 6.65. The number of nitrogens with zero attached hydrogens (tertiary/aromatic N) is 2. The Hall–Kier alpha value is -2.71. The summed E-state index contributed by atoms with van der Waals surface area (Å²) in [5, 5.41) is 13.3. The van der Waals surface area contributed by atoms with Crippen LogP contribution in [0, 0.1) is 12.8 Å². The first-order valence-electron chi connectivity index (χ1n) is 9.05. The zero-order chi connectivity index (χ0) is 20.1. The Kier molecular flexibility index (Phi) is 6.11. The molecule has 0 atom stereocenters. The molecule has 1 aliphatic rings. The molecule has 2 N–H and O–H groups in total. The van der Waals surface area contributed by atoms with Gasteiger partial charge >= 0.3 is 0 Å². The minimum absolute atomic E-state index is 0.123. The molecule has 28 heavy (non-hydrogen) atoms. The number of hydrazone groups is 1. The van der Waals surface area contributed by atoms with Crippen LogP contribution in [-0.2, 0) is 14.8 Å². The van der Waals surface area contributed by atoms with E-state index in [1.165, 1.54) is 16.6 Å². The van der Waals surface area contributed by atoms with Crippen LogP contribution in [0.3, 0.4) is 0 Å². The zero-order valence-electron chi connectivity index (χ0n) is 15.6. The molecule has 1 heterocycles. The second kappa shape index (κ2) is 8.53. The fourth-order valence-electron chi connectivity index (χ4n) is 3.08. The molecule has 8 heteroatoms. The van der Waals surface area contributed by atoms with E-state index in [-0.39, 0.29) is 22.5 Å². The van der Waals surface area contributed by atoms with Crippen molar-refractivity contribution in [3.63, 3.8) is 0 Å². The van der Waals surface area contributed by atoms with Gasteiger partial charge < -0.3 is 5.11 Å². The highest BCUT2D eigenvalue weighted by molar-refractivity contribution is 7.89. The van der Waals surface area contributed by atoms with Crippen LogP contribution in [0.5, 0.6) is 5.75 Å². The van der Waals surface area contributed by atoms with Crippen LogP contribution in [0.2, 0.25) is 0 Å². The van der Waals surface area contributed by atoms with Crippen molar-refractivity contribution in [3.8, 4) is 5.75 Å². The van der Waals surface area contributed by atoms with E-state index in [1.54, 1.807) is 42.5 Å². The summed E-state index contributed by atoms with van der Waals surface area (Å²) >= 11 is 0. The topological polar surface area (TPSA) is 99.1 Å².